The van der Waals surface area contributed by atoms with E-state index in [1.54, 1.807) is 0 Å². The molecule has 0 rings (SSSR count). The van der Waals surface area contributed by atoms with Gasteiger partial charge in [0, 0.05) is 0 Å². The van der Waals surface area contributed by atoms with Crippen LogP contribution in [0.3, 0.4) is 0 Å². The lowest BCUT2D eigenvalue weighted by atomic mass is 10.9. The number of thiocarbonyl (C=S) groups is 1. The van der Waals surface area contributed by atoms with Crippen molar-refractivity contribution < 1.29 is 0 Å². The normalized spacial score (nSPS) is 11.9. The lowest BCUT2D eigenvalue weighted by Crippen LogP contribution is -2.25. The van der Waals surface area contributed by atoms with Gasteiger partial charge in [0.1, 0.15) is 0 Å². The first-order valence-electron chi connectivity index (χ1n) is 2.08. The molecule has 3 nitrogen and oxygen atoms in total. The smallest absolute Gasteiger partial charge is 0.227 e. The molecule has 0 saturated heterocycles. The third-order valence-electron chi connectivity index (χ3n) is 0.386. The van der Waals surface area contributed by atoms with Crippen LogP contribution in [0.4, 0.5) is 0 Å². The van der Waals surface area contributed by atoms with E-state index in [-0.39, 0.29) is 5.11 Å². The second-order valence-corrected chi connectivity index (χ2v) is 4.08. The summed E-state index contributed by atoms with van der Waals surface area (Å²) >= 11 is 20.2. The molecular formula is C3H4Cl3N3S. The Morgan fingerprint density at radius 2 is 2.10 bits per heavy atom. The maximum Gasteiger partial charge on any atom is 0.227 e. The molecule has 0 aromatic carbocycles. The van der Waals surface area contributed by atoms with E-state index >= 15 is 0 Å². The van der Waals surface area contributed by atoms with Crippen LogP contribution >= 0.6 is 47.0 Å². The molecule has 0 unspecified atom stereocenters. The molecule has 10 heavy (non-hydrogen) atoms. The quantitative estimate of drug-likeness (QED) is 0.302. The Morgan fingerprint density at radius 3 is 2.40 bits per heavy atom. The van der Waals surface area contributed by atoms with Crippen LogP contribution in [0.2, 0.25) is 0 Å². The van der Waals surface area contributed by atoms with Crippen LogP contribution in [-0.4, -0.2) is 15.1 Å². The number of hydrogen-bond donors (Lipinski definition) is 2. The van der Waals surface area contributed by atoms with Gasteiger partial charge in [-0.3, -0.25) is 5.43 Å². The Balaban J connectivity index is 3.67. The highest BCUT2D eigenvalue weighted by Crippen LogP contribution is 2.22. The minimum atomic E-state index is -1.52. The summed E-state index contributed by atoms with van der Waals surface area (Å²) in [5.41, 5.74) is 7.23. The highest BCUT2D eigenvalue weighted by molar-refractivity contribution is 7.80. The summed E-state index contributed by atoms with van der Waals surface area (Å²) in [5, 5.41) is 3.42. The van der Waals surface area contributed by atoms with Crippen molar-refractivity contribution in [3.05, 3.63) is 0 Å². The maximum absolute atomic E-state index is 5.27. The molecule has 7 heteroatoms. The van der Waals surface area contributed by atoms with Crippen LogP contribution in [0.5, 0.6) is 0 Å². The maximum atomic E-state index is 5.27. The number of hydrogen-bond acceptors (Lipinski definition) is 2. The van der Waals surface area contributed by atoms with E-state index in [1.165, 1.54) is 0 Å². The van der Waals surface area contributed by atoms with E-state index in [0.29, 0.717) is 0 Å². The highest BCUT2D eigenvalue weighted by atomic mass is 35.6. The SMILES string of the molecule is NC(=S)N/N=C/C(Cl)(Cl)Cl. The molecule has 0 saturated carbocycles. The minimum absolute atomic E-state index is 0.0190. The van der Waals surface area contributed by atoms with Crippen molar-refractivity contribution in [2.75, 3.05) is 0 Å². The topological polar surface area (TPSA) is 50.4 Å². The fourth-order valence-corrected chi connectivity index (χ4v) is 0.368. The Bertz CT molecular complexity index is 152. The van der Waals surface area contributed by atoms with Crippen molar-refractivity contribution in [2.45, 2.75) is 3.79 Å². The van der Waals surface area contributed by atoms with E-state index in [9.17, 15) is 0 Å². The van der Waals surface area contributed by atoms with Crippen LogP contribution in [-0.2, 0) is 0 Å². The first-order chi connectivity index (χ1) is 4.42. The molecule has 0 spiro atoms. The summed E-state index contributed by atoms with van der Waals surface area (Å²) in [6.45, 7) is 0. The second kappa shape index (κ2) is 4.18. The average Bonchev–Trinajstić information content (AvgIpc) is 1.59. The van der Waals surface area contributed by atoms with Gasteiger partial charge in [0.05, 0.1) is 6.21 Å². The molecule has 0 heterocycles. The molecule has 0 radical (unpaired) electrons. The fourth-order valence-electron chi connectivity index (χ4n) is 0.169. The number of rotatable bonds is 1. The number of alkyl halides is 3. The summed E-state index contributed by atoms with van der Waals surface area (Å²) in [4.78, 5) is 0. The molecule has 0 aliphatic rings. The Labute approximate surface area is 78.5 Å². The van der Waals surface area contributed by atoms with Gasteiger partial charge < -0.3 is 5.73 Å². The molecule has 0 aliphatic heterocycles. The largest absolute Gasteiger partial charge is 0.375 e. The van der Waals surface area contributed by atoms with Gasteiger partial charge in [0.2, 0.25) is 3.79 Å². The number of nitrogens with zero attached hydrogens (tertiary/aromatic N) is 1. The van der Waals surface area contributed by atoms with Crippen molar-refractivity contribution in [3.8, 4) is 0 Å². The Morgan fingerprint density at radius 1 is 1.60 bits per heavy atom. The third kappa shape index (κ3) is 8.23. The van der Waals surface area contributed by atoms with E-state index in [1.807, 2.05) is 0 Å². The van der Waals surface area contributed by atoms with Crippen LogP contribution in [0.25, 0.3) is 0 Å². The van der Waals surface area contributed by atoms with E-state index in [2.05, 4.69) is 22.7 Å². The molecule has 3 N–H and O–H groups in total. The summed E-state index contributed by atoms with van der Waals surface area (Å²) in [6, 6.07) is 0. The molecule has 0 aliphatic carbocycles. The third-order valence-corrected chi connectivity index (χ3v) is 0.770. The monoisotopic (exact) mass is 219 g/mol. The van der Waals surface area contributed by atoms with Gasteiger partial charge in [0.15, 0.2) is 5.11 Å². The molecule has 0 atom stereocenters. The van der Waals surface area contributed by atoms with Gasteiger partial charge in [-0.1, -0.05) is 34.8 Å². The highest BCUT2D eigenvalue weighted by Gasteiger charge is 2.15. The fraction of sp³-hybridized carbons (Fsp3) is 0.333. The predicted octanol–water partition coefficient (Wildman–Crippen LogP) is 1.18. The van der Waals surface area contributed by atoms with Crippen molar-refractivity contribution in [1.29, 1.82) is 0 Å². The Kier molecular flexibility index (Phi) is 4.28. The van der Waals surface area contributed by atoms with E-state index in [4.69, 9.17) is 40.5 Å². The molecular weight excluding hydrogens is 216 g/mol. The zero-order chi connectivity index (χ0) is 8.20. The van der Waals surface area contributed by atoms with Crippen LogP contribution < -0.4 is 11.2 Å². The summed E-state index contributed by atoms with van der Waals surface area (Å²) in [5.74, 6) is 0. The standard InChI is InChI=1S/C3H4Cl3N3S/c4-3(5,6)1-8-9-2(7)10/h1H,(H3,7,9,10)/b8-1+. The van der Waals surface area contributed by atoms with Crippen LogP contribution in [0, 0.1) is 0 Å². The van der Waals surface area contributed by atoms with Gasteiger partial charge >= 0.3 is 0 Å². The van der Waals surface area contributed by atoms with Crippen molar-refractivity contribution in [2.24, 2.45) is 10.8 Å². The zero-order valence-corrected chi connectivity index (χ0v) is 7.73. The number of nitrogens with two attached hydrogens (primary N) is 1. The van der Waals surface area contributed by atoms with E-state index in [0.717, 1.165) is 6.21 Å². The lowest BCUT2D eigenvalue weighted by molar-refractivity contribution is 1.04. The van der Waals surface area contributed by atoms with Gasteiger partial charge in [-0.25, -0.2) is 0 Å². The second-order valence-electron chi connectivity index (χ2n) is 1.28. The van der Waals surface area contributed by atoms with Gasteiger partial charge in [-0.05, 0) is 12.2 Å². The first-order valence-corrected chi connectivity index (χ1v) is 3.62. The van der Waals surface area contributed by atoms with Crippen LogP contribution in [0.1, 0.15) is 0 Å². The number of nitrogens with one attached hydrogen (secondary N) is 1. The van der Waals surface area contributed by atoms with Crippen molar-refractivity contribution in [1.82, 2.24) is 5.43 Å². The van der Waals surface area contributed by atoms with Crippen molar-refractivity contribution >= 4 is 58.3 Å². The van der Waals surface area contributed by atoms with E-state index < -0.39 is 3.79 Å². The lowest BCUT2D eigenvalue weighted by Gasteiger charge is -2.00. The number of halogens is 3. The molecule has 0 aromatic heterocycles. The average molecular weight is 221 g/mol. The molecule has 0 aromatic rings. The van der Waals surface area contributed by atoms with Crippen LogP contribution in [0.15, 0.2) is 5.10 Å². The molecule has 0 fully saturated rings. The summed E-state index contributed by atoms with van der Waals surface area (Å²) in [7, 11) is 0. The van der Waals surface area contributed by atoms with Gasteiger partial charge in [-0.15, -0.1) is 0 Å². The molecule has 0 amide bonds. The minimum Gasteiger partial charge on any atom is -0.375 e. The van der Waals surface area contributed by atoms with Gasteiger partial charge in [-0.2, -0.15) is 5.10 Å². The first kappa shape index (κ1) is 10.2. The summed E-state index contributed by atoms with van der Waals surface area (Å²) < 4.78 is -1.52. The van der Waals surface area contributed by atoms with Crippen molar-refractivity contribution in [3.63, 3.8) is 0 Å². The Hall–Kier alpha value is 0.230. The summed E-state index contributed by atoms with van der Waals surface area (Å²) in [6.07, 6.45) is 1.05. The van der Waals surface area contributed by atoms with Gasteiger partial charge in [0.25, 0.3) is 0 Å². The molecule has 0 bridgehead atoms. The zero-order valence-electron chi connectivity index (χ0n) is 4.64. The predicted molar refractivity (Wildman–Crippen MR) is 48.7 cm³/mol. The number of hydrazone groups is 1. The molecule has 58 valence electrons.